The van der Waals surface area contributed by atoms with Crippen LogP contribution in [-0.4, -0.2) is 16.9 Å². The molecule has 0 radical (unpaired) electrons. The largest absolute Gasteiger partial charge is 0.368 e. The Hall–Kier alpha value is -1.81. The van der Waals surface area contributed by atoms with Gasteiger partial charge in [-0.05, 0) is 30.4 Å². The van der Waals surface area contributed by atoms with Crippen LogP contribution in [0.4, 0.5) is 0 Å². The van der Waals surface area contributed by atoms with Gasteiger partial charge in [-0.25, -0.2) is 0 Å². The average Bonchev–Trinajstić information content (AvgIpc) is 2.77. The molecule has 0 fully saturated rings. The summed E-state index contributed by atoms with van der Waals surface area (Å²) >= 11 is 0. The van der Waals surface area contributed by atoms with E-state index in [0.717, 1.165) is 11.9 Å². The highest BCUT2D eigenvalue weighted by molar-refractivity contribution is 5.87. The third kappa shape index (κ3) is 2.20. The maximum Gasteiger partial charge on any atom is 0.234 e. The standard InChI is InChI=1S/C16H21N3O/c1-9(2)7-13-15-11(8-14(18-13)16(17)20)10-5-3-4-6-12(10)19-15/h3-6,9,13-14,18-19H,7-8H2,1-2H3,(H2,17,20)/t13-,14-/m0/s1. The first-order valence-corrected chi connectivity index (χ1v) is 7.21. The van der Waals surface area contributed by atoms with E-state index in [0.29, 0.717) is 12.3 Å². The second-order valence-corrected chi connectivity index (χ2v) is 6.07. The number of nitrogens with two attached hydrogens (primary N) is 1. The molecule has 3 rings (SSSR count). The topological polar surface area (TPSA) is 70.9 Å². The summed E-state index contributed by atoms with van der Waals surface area (Å²) in [6, 6.07) is 8.16. The number of H-pyrrole nitrogens is 1. The van der Waals surface area contributed by atoms with Crippen molar-refractivity contribution in [3.63, 3.8) is 0 Å². The van der Waals surface area contributed by atoms with Crippen LogP contribution in [0.1, 0.15) is 37.6 Å². The highest BCUT2D eigenvalue weighted by Crippen LogP contribution is 2.34. The van der Waals surface area contributed by atoms with Crippen LogP contribution < -0.4 is 11.1 Å². The van der Waals surface area contributed by atoms with Crippen LogP contribution in [0.5, 0.6) is 0 Å². The van der Waals surface area contributed by atoms with Gasteiger partial charge < -0.3 is 10.7 Å². The lowest BCUT2D eigenvalue weighted by Crippen LogP contribution is -2.48. The molecule has 1 aromatic heterocycles. The minimum atomic E-state index is -0.273. The van der Waals surface area contributed by atoms with Gasteiger partial charge in [0.2, 0.25) is 5.91 Å². The van der Waals surface area contributed by atoms with Gasteiger partial charge in [0.15, 0.2) is 0 Å². The molecular weight excluding hydrogens is 250 g/mol. The van der Waals surface area contributed by atoms with E-state index in [9.17, 15) is 4.79 Å². The van der Waals surface area contributed by atoms with Crippen LogP contribution in [-0.2, 0) is 11.2 Å². The van der Waals surface area contributed by atoms with Crippen LogP contribution in [0.2, 0.25) is 0 Å². The van der Waals surface area contributed by atoms with Gasteiger partial charge in [0.05, 0.1) is 6.04 Å². The van der Waals surface area contributed by atoms with Crippen LogP contribution in [0.25, 0.3) is 10.9 Å². The lowest BCUT2D eigenvalue weighted by Gasteiger charge is -2.30. The van der Waals surface area contributed by atoms with E-state index in [4.69, 9.17) is 5.73 Å². The minimum absolute atomic E-state index is 0.170. The summed E-state index contributed by atoms with van der Waals surface area (Å²) < 4.78 is 0. The number of fused-ring (bicyclic) bond motifs is 3. The number of aromatic nitrogens is 1. The van der Waals surface area contributed by atoms with E-state index in [1.54, 1.807) is 0 Å². The van der Waals surface area contributed by atoms with Gasteiger partial charge in [-0.1, -0.05) is 32.0 Å². The maximum atomic E-state index is 11.6. The molecule has 1 aliphatic heterocycles. The fraction of sp³-hybridized carbons (Fsp3) is 0.438. The smallest absolute Gasteiger partial charge is 0.234 e. The van der Waals surface area contributed by atoms with Gasteiger partial charge in [0.1, 0.15) is 0 Å². The molecule has 2 aromatic rings. The summed E-state index contributed by atoms with van der Waals surface area (Å²) in [6.45, 7) is 4.38. The van der Waals surface area contributed by atoms with E-state index in [1.165, 1.54) is 16.6 Å². The number of aromatic amines is 1. The van der Waals surface area contributed by atoms with E-state index in [-0.39, 0.29) is 18.0 Å². The van der Waals surface area contributed by atoms with E-state index < -0.39 is 0 Å². The molecule has 2 heterocycles. The number of amides is 1. The Morgan fingerprint density at radius 3 is 2.85 bits per heavy atom. The van der Waals surface area contributed by atoms with Crippen molar-refractivity contribution in [2.24, 2.45) is 11.7 Å². The SMILES string of the molecule is CC(C)C[C@@H]1N[C@H](C(N)=O)Cc2c1[nH]c1ccccc21. The van der Waals surface area contributed by atoms with Gasteiger partial charge in [-0.2, -0.15) is 0 Å². The maximum absolute atomic E-state index is 11.6. The third-order valence-corrected chi connectivity index (χ3v) is 4.06. The number of hydrogen-bond acceptors (Lipinski definition) is 2. The van der Waals surface area contributed by atoms with Crippen LogP contribution >= 0.6 is 0 Å². The lowest BCUT2D eigenvalue weighted by atomic mass is 9.89. The Morgan fingerprint density at radius 1 is 1.40 bits per heavy atom. The number of para-hydroxylation sites is 1. The second kappa shape index (κ2) is 4.94. The van der Waals surface area contributed by atoms with Crippen molar-refractivity contribution in [2.75, 3.05) is 0 Å². The van der Waals surface area contributed by atoms with E-state index >= 15 is 0 Å². The third-order valence-electron chi connectivity index (χ3n) is 4.06. The van der Waals surface area contributed by atoms with E-state index in [1.807, 2.05) is 12.1 Å². The summed E-state index contributed by atoms with van der Waals surface area (Å²) in [4.78, 5) is 15.1. The molecule has 0 aliphatic carbocycles. The molecule has 106 valence electrons. The number of carbonyl (C=O) groups excluding carboxylic acids is 1. The molecule has 0 unspecified atom stereocenters. The first-order valence-electron chi connectivity index (χ1n) is 7.21. The van der Waals surface area contributed by atoms with Crippen LogP contribution in [0.15, 0.2) is 24.3 Å². The fourth-order valence-corrected chi connectivity index (χ4v) is 3.17. The summed E-state index contributed by atoms with van der Waals surface area (Å²) in [5.41, 5.74) is 9.12. The van der Waals surface area contributed by atoms with E-state index in [2.05, 4.69) is 36.3 Å². The van der Waals surface area contributed by atoms with Gasteiger partial charge in [-0.3, -0.25) is 10.1 Å². The van der Waals surface area contributed by atoms with Crippen LogP contribution in [0, 0.1) is 5.92 Å². The Balaban J connectivity index is 2.09. The highest BCUT2D eigenvalue weighted by Gasteiger charge is 2.32. The summed E-state index contributed by atoms with van der Waals surface area (Å²) in [5.74, 6) is 0.285. The molecule has 0 saturated heterocycles. The number of rotatable bonds is 3. The molecule has 2 atom stereocenters. The van der Waals surface area contributed by atoms with Crippen molar-refractivity contribution >= 4 is 16.8 Å². The lowest BCUT2D eigenvalue weighted by molar-refractivity contribution is -0.120. The molecule has 0 saturated carbocycles. The zero-order chi connectivity index (χ0) is 14.3. The molecule has 4 nitrogen and oxygen atoms in total. The zero-order valence-electron chi connectivity index (χ0n) is 11.9. The molecule has 1 amide bonds. The summed E-state index contributed by atoms with van der Waals surface area (Å²) in [7, 11) is 0. The number of carbonyl (C=O) groups is 1. The predicted molar refractivity (Wildman–Crippen MR) is 80.3 cm³/mol. The Bertz CT molecular complexity index is 644. The first-order chi connectivity index (χ1) is 9.56. The number of benzene rings is 1. The molecule has 0 bridgehead atoms. The summed E-state index contributed by atoms with van der Waals surface area (Å²) in [5, 5.41) is 4.61. The van der Waals surface area contributed by atoms with Crippen molar-refractivity contribution in [1.29, 1.82) is 0 Å². The van der Waals surface area contributed by atoms with Gasteiger partial charge >= 0.3 is 0 Å². The van der Waals surface area contributed by atoms with Crippen LogP contribution in [0.3, 0.4) is 0 Å². The molecule has 1 aromatic carbocycles. The Kier molecular flexibility index (Phi) is 3.26. The van der Waals surface area contributed by atoms with Crippen molar-refractivity contribution in [3.8, 4) is 0 Å². The monoisotopic (exact) mass is 271 g/mol. The molecule has 20 heavy (non-hydrogen) atoms. The molecule has 1 aliphatic rings. The number of primary amides is 1. The predicted octanol–water partition coefficient (Wildman–Crippen LogP) is 2.25. The quantitative estimate of drug-likeness (QED) is 0.801. The Morgan fingerprint density at radius 2 is 2.15 bits per heavy atom. The van der Waals surface area contributed by atoms with Crippen molar-refractivity contribution in [1.82, 2.24) is 10.3 Å². The summed E-state index contributed by atoms with van der Waals surface area (Å²) in [6.07, 6.45) is 1.66. The van der Waals surface area contributed by atoms with Gasteiger partial charge in [-0.15, -0.1) is 0 Å². The van der Waals surface area contributed by atoms with Crippen molar-refractivity contribution in [3.05, 3.63) is 35.5 Å². The fourth-order valence-electron chi connectivity index (χ4n) is 3.17. The highest BCUT2D eigenvalue weighted by atomic mass is 16.1. The van der Waals surface area contributed by atoms with Crippen molar-refractivity contribution in [2.45, 2.75) is 38.8 Å². The molecule has 4 heteroatoms. The molecule has 0 spiro atoms. The normalized spacial score (nSPS) is 22.1. The van der Waals surface area contributed by atoms with Gasteiger partial charge in [0.25, 0.3) is 0 Å². The van der Waals surface area contributed by atoms with Gasteiger partial charge in [0, 0.05) is 22.6 Å². The molecular formula is C16H21N3O. The molecule has 4 N–H and O–H groups in total. The number of hydrogen-bond donors (Lipinski definition) is 3. The first kappa shape index (κ1) is 13.2. The minimum Gasteiger partial charge on any atom is -0.368 e. The second-order valence-electron chi connectivity index (χ2n) is 6.07. The Labute approximate surface area is 118 Å². The number of nitrogens with one attached hydrogen (secondary N) is 2. The average molecular weight is 271 g/mol. The zero-order valence-corrected chi connectivity index (χ0v) is 11.9. The van der Waals surface area contributed by atoms with Crippen molar-refractivity contribution < 1.29 is 4.79 Å².